The molecule has 3 heteroatoms. The first kappa shape index (κ1) is 14.0. The minimum absolute atomic E-state index is 0.715. The van der Waals surface area contributed by atoms with E-state index in [1.165, 1.54) is 30.7 Å². The van der Waals surface area contributed by atoms with E-state index in [0.29, 0.717) is 6.04 Å². The van der Waals surface area contributed by atoms with Gasteiger partial charge in [-0.15, -0.1) is 11.3 Å². The van der Waals surface area contributed by atoms with Crippen LogP contribution in [0.5, 0.6) is 0 Å². The molecule has 1 heterocycles. The van der Waals surface area contributed by atoms with Gasteiger partial charge in [0, 0.05) is 24.0 Å². The Kier molecular flexibility index (Phi) is 5.22. The smallest absolute Gasteiger partial charge is 0.0324 e. The molecule has 1 saturated carbocycles. The second-order valence-corrected chi connectivity index (χ2v) is 6.88. The summed E-state index contributed by atoms with van der Waals surface area (Å²) in [4.78, 5) is 3.96. The van der Waals surface area contributed by atoms with Gasteiger partial charge < -0.3 is 10.2 Å². The van der Waals surface area contributed by atoms with Crippen LogP contribution in [0, 0.1) is 11.8 Å². The molecule has 3 atom stereocenters. The molecule has 0 saturated heterocycles. The fourth-order valence-corrected chi connectivity index (χ4v) is 4.00. The number of thiophene rings is 1. The van der Waals surface area contributed by atoms with Crippen LogP contribution >= 0.6 is 11.3 Å². The molecule has 0 radical (unpaired) electrons. The lowest BCUT2D eigenvalue weighted by atomic mass is 9.78. The second kappa shape index (κ2) is 6.69. The third-order valence-electron chi connectivity index (χ3n) is 4.17. The summed E-state index contributed by atoms with van der Waals surface area (Å²) in [6, 6.07) is 5.10. The molecule has 102 valence electrons. The summed E-state index contributed by atoms with van der Waals surface area (Å²) >= 11 is 1.86. The molecule has 1 fully saturated rings. The summed E-state index contributed by atoms with van der Waals surface area (Å²) in [5.41, 5.74) is 0. The minimum Gasteiger partial charge on any atom is -0.317 e. The second-order valence-electron chi connectivity index (χ2n) is 5.85. The van der Waals surface area contributed by atoms with E-state index in [1.54, 1.807) is 0 Å². The van der Waals surface area contributed by atoms with Gasteiger partial charge in [0.1, 0.15) is 0 Å². The maximum atomic E-state index is 3.51. The first-order chi connectivity index (χ1) is 8.69. The number of nitrogens with one attached hydrogen (secondary N) is 1. The van der Waals surface area contributed by atoms with Gasteiger partial charge in [-0.3, -0.25) is 0 Å². The molecular weight excluding hydrogens is 240 g/mol. The van der Waals surface area contributed by atoms with Crippen molar-refractivity contribution in [2.45, 2.75) is 38.8 Å². The van der Waals surface area contributed by atoms with Crippen molar-refractivity contribution >= 4 is 11.3 Å². The van der Waals surface area contributed by atoms with Crippen LogP contribution in [-0.4, -0.2) is 31.6 Å². The maximum absolute atomic E-state index is 3.51. The van der Waals surface area contributed by atoms with E-state index >= 15 is 0 Å². The largest absolute Gasteiger partial charge is 0.317 e. The Morgan fingerprint density at radius 2 is 2.28 bits per heavy atom. The Labute approximate surface area is 115 Å². The van der Waals surface area contributed by atoms with E-state index in [9.17, 15) is 0 Å². The van der Waals surface area contributed by atoms with Crippen molar-refractivity contribution in [1.82, 2.24) is 10.2 Å². The highest BCUT2D eigenvalue weighted by molar-refractivity contribution is 7.09. The van der Waals surface area contributed by atoms with Crippen molar-refractivity contribution in [2.75, 3.05) is 20.6 Å². The maximum Gasteiger partial charge on any atom is 0.0324 e. The van der Waals surface area contributed by atoms with E-state index in [-0.39, 0.29) is 0 Å². The molecule has 1 aromatic heterocycles. The van der Waals surface area contributed by atoms with Gasteiger partial charge in [-0.2, -0.15) is 0 Å². The number of hydrogen-bond acceptors (Lipinski definition) is 3. The lowest BCUT2D eigenvalue weighted by Gasteiger charge is -2.37. The van der Waals surface area contributed by atoms with E-state index in [2.05, 4.69) is 48.7 Å². The number of nitrogens with zero attached hydrogens (tertiary/aromatic N) is 1. The Bertz CT molecular complexity index is 336. The standard InChI is InChI=1S/C15H26N2S/c1-12-6-7-15(16-2)13(9-12)10-17(3)11-14-5-4-8-18-14/h4-5,8,12-13,15-16H,6-7,9-11H2,1-3H3. The van der Waals surface area contributed by atoms with Gasteiger partial charge in [0.2, 0.25) is 0 Å². The molecule has 0 amide bonds. The predicted octanol–water partition coefficient (Wildman–Crippen LogP) is 3.20. The van der Waals surface area contributed by atoms with E-state index in [1.807, 2.05) is 11.3 Å². The molecule has 2 nitrogen and oxygen atoms in total. The monoisotopic (exact) mass is 266 g/mol. The van der Waals surface area contributed by atoms with Gasteiger partial charge in [0.15, 0.2) is 0 Å². The van der Waals surface area contributed by atoms with Crippen LogP contribution in [0.4, 0.5) is 0 Å². The number of rotatable bonds is 5. The number of hydrogen-bond donors (Lipinski definition) is 1. The van der Waals surface area contributed by atoms with E-state index in [4.69, 9.17) is 0 Å². The zero-order chi connectivity index (χ0) is 13.0. The van der Waals surface area contributed by atoms with Crippen molar-refractivity contribution in [3.63, 3.8) is 0 Å². The Balaban J connectivity index is 1.86. The van der Waals surface area contributed by atoms with Crippen molar-refractivity contribution in [2.24, 2.45) is 11.8 Å². The molecule has 2 rings (SSSR count). The van der Waals surface area contributed by atoms with E-state index in [0.717, 1.165) is 18.4 Å². The summed E-state index contributed by atoms with van der Waals surface area (Å²) in [5, 5.41) is 5.68. The predicted molar refractivity (Wildman–Crippen MR) is 80.0 cm³/mol. The van der Waals surface area contributed by atoms with Crippen LogP contribution < -0.4 is 5.32 Å². The Morgan fingerprint density at radius 3 is 2.94 bits per heavy atom. The van der Waals surface area contributed by atoms with Crippen molar-refractivity contribution in [3.05, 3.63) is 22.4 Å². The minimum atomic E-state index is 0.715. The van der Waals surface area contributed by atoms with Crippen LogP contribution in [0.15, 0.2) is 17.5 Å². The third kappa shape index (κ3) is 3.81. The van der Waals surface area contributed by atoms with Crippen LogP contribution in [-0.2, 0) is 6.54 Å². The summed E-state index contributed by atoms with van der Waals surface area (Å²) in [6.07, 6.45) is 4.10. The molecule has 0 aliphatic heterocycles. The highest BCUT2D eigenvalue weighted by Crippen LogP contribution is 2.29. The SMILES string of the molecule is CNC1CCC(C)CC1CN(C)Cc1cccs1. The molecule has 0 aromatic carbocycles. The van der Waals surface area contributed by atoms with Crippen molar-refractivity contribution in [3.8, 4) is 0 Å². The highest BCUT2D eigenvalue weighted by Gasteiger charge is 2.28. The van der Waals surface area contributed by atoms with Gasteiger partial charge >= 0.3 is 0 Å². The molecule has 1 N–H and O–H groups in total. The summed E-state index contributed by atoms with van der Waals surface area (Å²) in [5.74, 6) is 1.71. The fraction of sp³-hybridized carbons (Fsp3) is 0.733. The molecule has 1 aliphatic rings. The average Bonchev–Trinajstić information content (AvgIpc) is 2.82. The molecule has 1 aromatic rings. The summed E-state index contributed by atoms with van der Waals surface area (Å²) in [6.45, 7) is 4.71. The zero-order valence-electron chi connectivity index (χ0n) is 11.9. The Morgan fingerprint density at radius 1 is 1.44 bits per heavy atom. The van der Waals surface area contributed by atoms with Crippen LogP contribution in [0.3, 0.4) is 0 Å². The van der Waals surface area contributed by atoms with Gasteiger partial charge in [0.05, 0.1) is 0 Å². The summed E-state index contributed by atoms with van der Waals surface area (Å²) < 4.78 is 0. The van der Waals surface area contributed by atoms with Gasteiger partial charge in [-0.05, 0) is 56.6 Å². The topological polar surface area (TPSA) is 15.3 Å². The third-order valence-corrected chi connectivity index (χ3v) is 5.03. The quantitative estimate of drug-likeness (QED) is 0.880. The fourth-order valence-electron chi connectivity index (χ4n) is 3.21. The first-order valence-corrected chi connectivity index (χ1v) is 7.95. The van der Waals surface area contributed by atoms with Crippen molar-refractivity contribution in [1.29, 1.82) is 0 Å². The molecule has 0 spiro atoms. The van der Waals surface area contributed by atoms with Crippen LogP contribution in [0.2, 0.25) is 0 Å². The van der Waals surface area contributed by atoms with Gasteiger partial charge in [0.25, 0.3) is 0 Å². The summed E-state index contributed by atoms with van der Waals surface area (Å²) in [7, 11) is 4.37. The van der Waals surface area contributed by atoms with Gasteiger partial charge in [-0.25, -0.2) is 0 Å². The average molecular weight is 266 g/mol. The first-order valence-electron chi connectivity index (χ1n) is 7.07. The van der Waals surface area contributed by atoms with Crippen LogP contribution in [0.25, 0.3) is 0 Å². The van der Waals surface area contributed by atoms with E-state index < -0.39 is 0 Å². The van der Waals surface area contributed by atoms with Crippen molar-refractivity contribution < 1.29 is 0 Å². The molecule has 3 unspecified atom stereocenters. The van der Waals surface area contributed by atoms with Crippen LogP contribution in [0.1, 0.15) is 31.1 Å². The lowest BCUT2D eigenvalue weighted by molar-refractivity contribution is 0.162. The Hall–Kier alpha value is -0.380. The molecule has 18 heavy (non-hydrogen) atoms. The lowest BCUT2D eigenvalue weighted by Crippen LogP contribution is -2.43. The molecule has 1 aliphatic carbocycles. The normalized spacial score (nSPS) is 28.8. The zero-order valence-corrected chi connectivity index (χ0v) is 12.7. The molecule has 0 bridgehead atoms. The highest BCUT2D eigenvalue weighted by atomic mass is 32.1. The van der Waals surface area contributed by atoms with Gasteiger partial charge in [-0.1, -0.05) is 13.0 Å². The molecular formula is C15H26N2S.